The van der Waals surface area contributed by atoms with E-state index in [1.54, 1.807) is 37.4 Å². The zero-order chi connectivity index (χ0) is 28.5. The summed E-state index contributed by atoms with van der Waals surface area (Å²) in [4.78, 5) is 25.9. The lowest BCUT2D eigenvalue weighted by Gasteiger charge is -2.24. The van der Waals surface area contributed by atoms with Gasteiger partial charge in [0.1, 0.15) is 5.75 Å². The molecule has 0 saturated carbocycles. The number of carbonyl (C=O) groups excluding carboxylic acids is 2. The average molecular weight is 608 g/mol. The van der Waals surface area contributed by atoms with Crippen LogP contribution in [0.2, 0.25) is 0 Å². The van der Waals surface area contributed by atoms with E-state index in [0.29, 0.717) is 21.8 Å². The summed E-state index contributed by atoms with van der Waals surface area (Å²) in [7, 11) is 1.60. The van der Waals surface area contributed by atoms with Crippen molar-refractivity contribution in [3.05, 3.63) is 93.5 Å². The van der Waals surface area contributed by atoms with Gasteiger partial charge in [-0.15, -0.1) is 0 Å². The highest BCUT2D eigenvalue weighted by atomic mass is 79.9. The molecule has 1 aliphatic heterocycles. The maximum Gasteiger partial charge on any atom is 0.273 e. The van der Waals surface area contributed by atoms with Crippen LogP contribution in [0, 0.1) is 0 Å². The van der Waals surface area contributed by atoms with Gasteiger partial charge in [-0.05, 0) is 65.7 Å². The number of nitrogens with one attached hydrogen (secondary N) is 3. The van der Waals surface area contributed by atoms with Gasteiger partial charge in [-0.25, -0.2) is 15.4 Å². The van der Waals surface area contributed by atoms with Crippen LogP contribution in [-0.4, -0.2) is 67.4 Å². The molecule has 0 aliphatic carbocycles. The minimum absolute atomic E-state index is 0.286. The first-order valence-corrected chi connectivity index (χ1v) is 14.1. The Kier molecular flexibility index (Phi) is 10.4. The fourth-order valence-electron chi connectivity index (χ4n) is 4.54. The van der Waals surface area contributed by atoms with Gasteiger partial charge in [0.15, 0.2) is 0 Å². The molecule has 0 aromatic heterocycles. The van der Waals surface area contributed by atoms with Crippen molar-refractivity contribution < 1.29 is 14.3 Å². The number of halogens is 1. The molecular formula is C30H35BrN6O3. The van der Waals surface area contributed by atoms with Crippen LogP contribution in [0.5, 0.6) is 5.75 Å². The number of benzene rings is 3. The third-order valence-electron chi connectivity index (χ3n) is 6.77. The molecule has 3 aromatic carbocycles. The van der Waals surface area contributed by atoms with Crippen molar-refractivity contribution in [3.8, 4) is 5.75 Å². The first-order valence-electron chi connectivity index (χ1n) is 13.3. The predicted molar refractivity (Wildman–Crippen MR) is 162 cm³/mol. The quantitative estimate of drug-likeness (QED) is 0.219. The molecule has 0 unspecified atom stereocenters. The molecule has 2 amide bonds. The van der Waals surface area contributed by atoms with Crippen molar-refractivity contribution in [2.24, 2.45) is 5.10 Å². The Bertz CT molecular complexity index is 1320. The van der Waals surface area contributed by atoms with Gasteiger partial charge in [-0.3, -0.25) is 9.59 Å². The monoisotopic (exact) mass is 606 g/mol. The molecule has 4 rings (SSSR count). The predicted octanol–water partition coefficient (Wildman–Crippen LogP) is 4.50. The van der Waals surface area contributed by atoms with Gasteiger partial charge >= 0.3 is 0 Å². The molecule has 1 heterocycles. The number of hydrazine groups is 1. The van der Waals surface area contributed by atoms with Crippen LogP contribution in [0.15, 0.2) is 76.3 Å². The van der Waals surface area contributed by atoms with Crippen molar-refractivity contribution in [1.29, 1.82) is 0 Å². The van der Waals surface area contributed by atoms with Gasteiger partial charge in [-0.1, -0.05) is 41.9 Å². The third-order valence-corrected chi connectivity index (χ3v) is 7.27. The summed E-state index contributed by atoms with van der Waals surface area (Å²) in [6.07, 6.45) is 1.54. The Hall–Kier alpha value is -3.57. The van der Waals surface area contributed by atoms with Crippen LogP contribution in [0.3, 0.4) is 0 Å². The topological polar surface area (TPSA) is 98.3 Å². The minimum atomic E-state index is -0.446. The van der Waals surface area contributed by atoms with Gasteiger partial charge in [0.2, 0.25) is 0 Å². The number of amides is 2. The van der Waals surface area contributed by atoms with E-state index in [2.05, 4.69) is 61.0 Å². The van der Waals surface area contributed by atoms with Crippen molar-refractivity contribution in [2.75, 3.05) is 38.6 Å². The van der Waals surface area contributed by atoms with Gasteiger partial charge in [0.25, 0.3) is 11.8 Å². The number of ether oxygens (including phenoxy) is 1. The number of nitrogens with zero attached hydrogens (tertiary/aromatic N) is 3. The number of methoxy groups -OCH3 is 1. The van der Waals surface area contributed by atoms with Crippen LogP contribution in [0.25, 0.3) is 0 Å². The maximum atomic E-state index is 13.0. The molecule has 10 heteroatoms. The van der Waals surface area contributed by atoms with E-state index >= 15 is 0 Å². The molecule has 210 valence electrons. The van der Waals surface area contributed by atoms with Crippen molar-refractivity contribution >= 4 is 39.6 Å². The van der Waals surface area contributed by atoms with E-state index in [-0.39, 0.29) is 11.5 Å². The second-order valence-corrected chi connectivity index (χ2v) is 10.3. The number of likely N-dealkylation sites (N-methyl/N-ethyl adjacent to an activating group) is 2. The number of hydrazone groups is 1. The van der Waals surface area contributed by atoms with Gasteiger partial charge in [0, 0.05) is 48.8 Å². The average Bonchev–Trinajstić information content (AvgIpc) is 3.40. The largest absolute Gasteiger partial charge is 0.497 e. The Balaban J connectivity index is 1.35. The van der Waals surface area contributed by atoms with Gasteiger partial charge in [0.05, 0.1) is 24.6 Å². The molecule has 0 bridgehead atoms. The lowest BCUT2D eigenvalue weighted by molar-refractivity contribution is 0.0388. The number of hydrogen-bond donors (Lipinski definition) is 3. The summed E-state index contributed by atoms with van der Waals surface area (Å²) in [5.74, 6) is -0.0124. The van der Waals surface area contributed by atoms with Crippen molar-refractivity contribution in [1.82, 2.24) is 20.8 Å². The lowest BCUT2D eigenvalue weighted by atomic mass is 10.1. The zero-order valence-corrected chi connectivity index (χ0v) is 24.6. The van der Waals surface area contributed by atoms with E-state index < -0.39 is 5.91 Å². The first kappa shape index (κ1) is 29.4. The summed E-state index contributed by atoms with van der Waals surface area (Å²) in [6, 6.07) is 20.3. The smallest absolute Gasteiger partial charge is 0.273 e. The number of carbonyl (C=O) groups is 2. The minimum Gasteiger partial charge on any atom is -0.497 e. The zero-order valence-electron chi connectivity index (χ0n) is 23.0. The standard InChI is InChI=1S/C30H35BrN6O3/c1-4-36-19-25(20-37(36)5-2)32-17-21-6-10-23(11-7-21)29(38)34-28-15-12-24(31)16-27(28)30(39)35-33-18-22-8-13-26(40-3)14-9-22/h6-16,18,25,32H,4-5,17,19-20H2,1-3H3,(H,34,38)(H,35,39)/b33-18+. The summed E-state index contributed by atoms with van der Waals surface area (Å²) in [6.45, 7) is 9.10. The van der Waals surface area contributed by atoms with E-state index in [1.165, 1.54) is 6.21 Å². The highest BCUT2D eigenvalue weighted by Crippen LogP contribution is 2.22. The Morgan fingerprint density at radius 2 is 1.65 bits per heavy atom. The SMILES string of the molecule is CCN1CC(NCc2ccc(C(=O)Nc3ccc(Br)cc3C(=O)N/N=C/c3ccc(OC)cc3)cc2)CN1CC. The molecule has 0 spiro atoms. The van der Waals surface area contributed by atoms with E-state index in [0.717, 1.165) is 49.6 Å². The maximum absolute atomic E-state index is 13.0. The van der Waals surface area contributed by atoms with Crippen LogP contribution in [-0.2, 0) is 6.54 Å². The molecular weight excluding hydrogens is 572 g/mol. The molecule has 1 aliphatic rings. The van der Waals surface area contributed by atoms with Crippen molar-refractivity contribution in [2.45, 2.75) is 26.4 Å². The fraction of sp³-hybridized carbons (Fsp3) is 0.300. The van der Waals surface area contributed by atoms with Crippen LogP contribution in [0.1, 0.15) is 45.7 Å². The molecule has 0 atom stereocenters. The Morgan fingerprint density at radius 1 is 0.975 bits per heavy atom. The van der Waals surface area contributed by atoms with E-state index in [1.807, 2.05) is 36.4 Å². The van der Waals surface area contributed by atoms with Crippen LogP contribution in [0.4, 0.5) is 5.69 Å². The number of anilines is 1. The Morgan fingerprint density at radius 3 is 2.27 bits per heavy atom. The van der Waals surface area contributed by atoms with Crippen LogP contribution >= 0.6 is 15.9 Å². The third kappa shape index (κ3) is 7.76. The first-order chi connectivity index (χ1) is 19.4. The number of rotatable bonds is 11. The molecule has 3 N–H and O–H groups in total. The normalized spacial score (nSPS) is 14.5. The lowest BCUT2D eigenvalue weighted by Crippen LogP contribution is -2.35. The fourth-order valence-corrected chi connectivity index (χ4v) is 4.91. The summed E-state index contributed by atoms with van der Waals surface area (Å²) in [5, 5.41) is 15.3. The van der Waals surface area contributed by atoms with E-state index in [9.17, 15) is 9.59 Å². The van der Waals surface area contributed by atoms with Gasteiger partial charge < -0.3 is 15.4 Å². The summed E-state index contributed by atoms with van der Waals surface area (Å²) >= 11 is 3.40. The number of hydrogen-bond acceptors (Lipinski definition) is 7. The second-order valence-electron chi connectivity index (χ2n) is 9.40. The molecule has 40 heavy (non-hydrogen) atoms. The highest BCUT2D eigenvalue weighted by molar-refractivity contribution is 9.10. The van der Waals surface area contributed by atoms with Crippen molar-refractivity contribution in [3.63, 3.8) is 0 Å². The van der Waals surface area contributed by atoms with E-state index in [4.69, 9.17) is 4.74 Å². The summed E-state index contributed by atoms with van der Waals surface area (Å²) in [5.41, 5.74) is 5.61. The second kappa shape index (κ2) is 14.2. The summed E-state index contributed by atoms with van der Waals surface area (Å²) < 4.78 is 5.85. The highest BCUT2D eigenvalue weighted by Gasteiger charge is 2.27. The Labute approximate surface area is 243 Å². The molecule has 1 fully saturated rings. The molecule has 3 aromatic rings. The molecule has 1 saturated heterocycles. The molecule has 9 nitrogen and oxygen atoms in total. The molecule has 0 radical (unpaired) electrons. The van der Waals surface area contributed by atoms with Gasteiger partial charge in [-0.2, -0.15) is 5.10 Å². The van der Waals surface area contributed by atoms with Crippen LogP contribution < -0.4 is 20.8 Å².